The van der Waals surface area contributed by atoms with Crippen molar-refractivity contribution in [3.8, 4) is 0 Å². The fourth-order valence-corrected chi connectivity index (χ4v) is 5.31. The van der Waals surface area contributed by atoms with E-state index in [4.69, 9.17) is 4.74 Å². The topological polar surface area (TPSA) is 105 Å². The van der Waals surface area contributed by atoms with Crippen LogP contribution in [0.3, 0.4) is 0 Å². The summed E-state index contributed by atoms with van der Waals surface area (Å²) in [6, 6.07) is 6.43. The van der Waals surface area contributed by atoms with E-state index in [1.807, 2.05) is 0 Å². The van der Waals surface area contributed by atoms with Crippen LogP contribution in [0.1, 0.15) is 47.2 Å². The van der Waals surface area contributed by atoms with Crippen LogP contribution < -0.4 is 31.9 Å². The zero-order valence-electron chi connectivity index (χ0n) is 25.0. The minimum Gasteiger partial charge on any atom is -0.465 e. The van der Waals surface area contributed by atoms with Crippen molar-refractivity contribution in [1.29, 1.82) is 0 Å². The molecule has 2 aliphatic rings. The molecule has 0 aliphatic carbocycles. The highest BCUT2D eigenvalue weighted by Gasteiger charge is 2.17. The molecule has 0 aromatic heterocycles. The number of methoxy groups -OCH3 is 1. The summed E-state index contributed by atoms with van der Waals surface area (Å²) in [4.78, 5) is 17.9. The number of nitrogens with zero attached hydrogens (tertiary/aromatic N) is 2. The predicted octanol–water partition coefficient (Wildman–Crippen LogP) is 0.202. The maximum absolute atomic E-state index is 12.9. The molecule has 0 spiro atoms. The Bertz CT molecular complexity index is 784. The number of benzene rings is 1. The highest BCUT2D eigenvalue weighted by atomic mass is 16.5. The molecule has 1 aromatic rings. The molecule has 40 heavy (non-hydrogen) atoms. The van der Waals surface area contributed by atoms with Gasteiger partial charge in [-0.05, 0) is 95.2 Å². The number of carbonyl (C=O) groups is 1. The van der Waals surface area contributed by atoms with Gasteiger partial charge in [0, 0.05) is 65.4 Å². The predicted molar refractivity (Wildman–Crippen MR) is 164 cm³/mol. The molecule has 0 radical (unpaired) electrons. The molecule has 0 unspecified atom stereocenters. The van der Waals surface area contributed by atoms with Gasteiger partial charge in [-0.3, -0.25) is 9.80 Å². The van der Waals surface area contributed by atoms with Gasteiger partial charge in [-0.1, -0.05) is 12.1 Å². The van der Waals surface area contributed by atoms with E-state index in [1.54, 1.807) is 0 Å². The van der Waals surface area contributed by atoms with E-state index >= 15 is 0 Å². The summed E-state index contributed by atoms with van der Waals surface area (Å²) in [6.45, 7) is 17.7. The van der Waals surface area contributed by atoms with Crippen LogP contribution in [-0.4, -0.2) is 128 Å². The van der Waals surface area contributed by atoms with E-state index in [0.29, 0.717) is 5.56 Å². The monoisotopic (exact) mass is 560 g/mol. The first kappa shape index (κ1) is 32.9. The Morgan fingerprint density at radius 3 is 1.62 bits per heavy atom. The first-order valence-corrected chi connectivity index (χ1v) is 15.7. The van der Waals surface area contributed by atoms with Crippen molar-refractivity contribution in [2.75, 3.05) is 112 Å². The lowest BCUT2D eigenvalue weighted by Crippen LogP contribution is -2.37. The highest BCUT2D eigenvalue weighted by molar-refractivity contribution is 5.91. The van der Waals surface area contributed by atoms with Crippen molar-refractivity contribution in [3.63, 3.8) is 0 Å². The first-order valence-electron chi connectivity index (χ1n) is 15.7. The molecule has 2 fully saturated rings. The summed E-state index contributed by atoms with van der Waals surface area (Å²) >= 11 is 0. The second kappa shape index (κ2) is 21.1. The third kappa shape index (κ3) is 13.8. The molecule has 2 heterocycles. The van der Waals surface area contributed by atoms with Crippen molar-refractivity contribution in [1.82, 2.24) is 41.7 Å². The van der Waals surface area contributed by atoms with Crippen LogP contribution in [0.2, 0.25) is 0 Å². The van der Waals surface area contributed by atoms with Gasteiger partial charge in [0.1, 0.15) is 0 Å². The van der Waals surface area contributed by atoms with E-state index in [0.717, 1.165) is 149 Å². The zero-order chi connectivity index (χ0) is 28.1. The zero-order valence-corrected chi connectivity index (χ0v) is 25.0. The molecule has 0 bridgehead atoms. The average molecular weight is 561 g/mol. The minimum atomic E-state index is -0.244. The number of hydrogen-bond donors (Lipinski definition) is 6. The van der Waals surface area contributed by atoms with Crippen LogP contribution in [0.5, 0.6) is 0 Å². The molecule has 10 heteroatoms. The van der Waals surface area contributed by atoms with Crippen molar-refractivity contribution in [3.05, 3.63) is 34.9 Å². The van der Waals surface area contributed by atoms with E-state index in [1.165, 1.54) is 12.7 Å². The molecule has 2 saturated heterocycles. The minimum absolute atomic E-state index is 0.244. The van der Waals surface area contributed by atoms with Crippen LogP contribution in [0, 0.1) is 0 Å². The lowest BCUT2D eigenvalue weighted by Gasteiger charge is -2.26. The normalized spacial score (nSPS) is 21.6. The average Bonchev–Trinajstić information content (AvgIpc) is 2.97. The van der Waals surface area contributed by atoms with Crippen molar-refractivity contribution in [2.45, 2.75) is 38.8 Å². The summed E-state index contributed by atoms with van der Waals surface area (Å²) in [5, 5.41) is 21.2. The Hall–Kier alpha value is -1.63. The summed E-state index contributed by atoms with van der Waals surface area (Å²) in [6.07, 6.45) is 4.47. The Kier molecular flexibility index (Phi) is 17.4. The molecule has 0 saturated carbocycles. The van der Waals surface area contributed by atoms with Gasteiger partial charge in [0.05, 0.1) is 12.7 Å². The molecule has 2 aliphatic heterocycles. The molecule has 228 valence electrons. The van der Waals surface area contributed by atoms with Gasteiger partial charge in [-0.25, -0.2) is 4.79 Å². The number of carbonyl (C=O) groups excluding carboxylic acids is 1. The second-order valence-corrected chi connectivity index (χ2v) is 10.9. The van der Waals surface area contributed by atoms with Crippen LogP contribution in [-0.2, 0) is 17.8 Å². The Labute approximate surface area is 242 Å². The third-order valence-corrected chi connectivity index (χ3v) is 7.62. The van der Waals surface area contributed by atoms with E-state index < -0.39 is 0 Å². The van der Waals surface area contributed by atoms with Gasteiger partial charge in [-0.15, -0.1) is 0 Å². The van der Waals surface area contributed by atoms with Gasteiger partial charge in [0.15, 0.2) is 0 Å². The molecule has 0 amide bonds. The summed E-state index contributed by atoms with van der Waals surface area (Å²) < 4.78 is 5.24. The fraction of sp³-hybridized carbons (Fsp3) is 0.767. The molecule has 3 rings (SSSR count). The quantitative estimate of drug-likeness (QED) is 0.280. The standard InChI is InChI=1S/C30H56N8O2/c1-40-30(39)29-24-27(25-37-20-4-12-33-16-14-31-8-2-10-35-18-22-37)6-7-28(29)26-38-21-5-13-34-17-15-32-9-3-11-36-19-23-38/h6-7,24,31-36H,2-5,8-23,25-26H2,1H3. The van der Waals surface area contributed by atoms with Gasteiger partial charge in [0.2, 0.25) is 0 Å². The fourth-order valence-electron chi connectivity index (χ4n) is 5.31. The van der Waals surface area contributed by atoms with Crippen LogP contribution in [0.15, 0.2) is 18.2 Å². The van der Waals surface area contributed by atoms with Gasteiger partial charge in [0.25, 0.3) is 0 Å². The summed E-state index contributed by atoms with van der Waals surface area (Å²) in [7, 11) is 1.49. The van der Waals surface area contributed by atoms with Gasteiger partial charge < -0.3 is 36.6 Å². The van der Waals surface area contributed by atoms with E-state index in [9.17, 15) is 4.79 Å². The van der Waals surface area contributed by atoms with E-state index in [2.05, 4.69) is 59.9 Å². The van der Waals surface area contributed by atoms with Gasteiger partial charge in [-0.2, -0.15) is 0 Å². The number of ether oxygens (including phenoxy) is 1. The molecular formula is C30H56N8O2. The van der Waals surface area contributed by atoms with E-state index in [-0.39, 0.29) is 5.97 Å². The first-order chi connectivity index (χ1) is 19.8. The number of hydrogen-bond acceptors (Lipinski definition) is 10. The maximum Gasteiger partial charge on any atom is 0.338 e. The summed E-state index contributed by atoms with van der Waals surface area (Å²) in [5.41, 5.74) is 2.92. The molecule has 6 N–H and O–H groups in total. The van der Waals surface area contributed by atoms with Gasteiger partial charge >= 0.3 is 5.97 Å². The highest BCUT2D eigenvalue weighted by Crippen LogP contribution is 2.18. The molecule has 0 atom stereocenters. The Balaban J connectivity index is 1.63. The van der Waals surface area contributed by atoms with Crippen LogP contribution >= 0.6 is 0 Å². The number of esters is 1. The number of rotatable bonds is 5. The Morgan fingerprint density at radius 1 is 0.625 bits per heavy atom. The van der Waals surface area contributed by atoms with Crippen molar-refractivity contribution >= 4 is 5.97 Å². The second-order valence-electron chi connectivity index (χ2n) is 10.9. The summed E-state index contributed by atoms with van der Waals surface area (Å²) in [5.74, 6) is -0.244. The largest absolute Gasteiger partial charge is 0.465 e. The molecule has 10 nitrogen and oxygen atoms in total. The van der Waals surface area contributed by atoms with Crippen molar-refractivity contribution in [2.24, 2.45) is 0 Å². The molecular weight excluding hydrogens is 504 g/mol. The van der Waals surface area contributed by atoms with Crippen LogP contribution in [0.25, 0.3) is 0 Å². The van der Waals surface area contributed by atoms with Crippen molar-refractivity contribution < 1.29 is 9.53 Å². The Morgan fingerprint density at radius 2 is 1.10 bits per heavy atom. The third-order valence-electron chi connectivity index (χ3n) is 7.62. The lowest BCUT2D eigenvalue weighted by atomic mass is 10.0. The lowest BCUT2D eigenvalue weighted by molar-refractivity contribution is 0.0598. The smallest absolute Gasteiger partial charge is 0.338 e. The van der Waals surface area contributed by atoms with Crippen LogP contribution in [0.4, 0.5) is 0 Å². The maximum atomic E-state index is 12.9. The SMILES string of the molecule is COC(=O)c1cc(CN2CCCNCCNCCCNCC2)ccc1CN1CCCNCCNCCCNCC1. The molecule has 1 aromatic carbocycles. The number of nitrogens with one attached hydrogen (secondary N) is 6.